The molecule has 30 heavy (non-hydrogen) atoms. The predicted molar refractivity (Wildman–Crippen MR) is 106 cm³/mol. The fraction of sp³-hybridized carbons (Fsp3) is 0.364. The molecule has 2 atom stereocenters. The fourth-order valence-electron chi connectivity index (χ4n) is 3.28. The molecule has 0 saturated heterocycles. The lowest BCUT2D eigenvalue weighted by Crippen LogP contribution is -2.48. The molecule has 0 radical (unpaired) electrons. The molecule has 2 heterocycles. The van der Waals surface area contributed by atoms with Gasteiger partial charge in [-0.1, -0.05) is 26.0 Å². The molecule has 2 aromatic rings. The molecule has 0 fully saturated rings. The summed E-state index contributed by atoms with van der Waals surface area (Å²) in [5.74, 6) is -1.80. The third-order valence-corrected chi connectivity index (χ3v) is 4.78. The van der Waals surface area contributed by atoms with E-state index in [0.29, 0.717) is 5.76 Å². The van der Waals surface area contributed by atoms with E-state index in [4.69, 9.17) is 9.15 Å². The number of rotatable bonds is 8. The topological polar surface area (TPSA) is 106 Å². The molecule has 0 saturated carbocycles. The Balaban J connectivity index is 1.71. The first-order chi connectivity index (χ1) is 14.3. The minimum absolute atomic E-state index is 0.00921. The monoisotopic (exact) mass is 412 g/mol. The maximum atomic E-state index is 12.9. The number of nitrogens with one attached hydrogen (secondary N) is 1. The molecule has 1 aromatic heterocycles. The summed E-state index contributed by atoms with van der Waals surface area (Å²) in [4.78, 5) is 51.7. The van der Waals surface area contributed by atoms with E-state index >= 15 is 0 Å². The van der Waals surface area contributed by atoms with E-state index in [1.165, 1.54) is 13.2 Å². The molecular weight excluding hydrogens is 388 g/mol. The Morgan fingerprint density at radius 3 is 2.20 bits per heavy atom. The zero-order chi connectivity index (χ0) is 21.8. The Morgan fingerprint density at radius 1 is 1.03 bits per heavy atom. The first kappa shape index (κ1) is 21.3. The van der Waals surface area contributed by atoms with Gasteiger partial charge in [0, 0.05) is 0 Å². The second-order valence-electron chi connectivity index (χ2n) is 7.55. The molecule has 3 rings (SSSR count). The Labute approximate surface area is 174 Å². The van der Waals surface area contributed by atoms with Crippen LogP contribution in [0.2, 0.25) is 0 Å². The van der Waals surface area contributed by atoms with E-state index in [1.807, 2.05) is 13.8 Å². The highest BCUT2D eigenvalue weighted by molar-refractivity contribution is 6.22. The van der Waals surface area contributed by atoms with E-state index in [-0.39, 0.29) is 30.0 Å². The van der Waals surface area contributed by atoms with Crippen LogP contribution in [0.15, 0.2) is 47.1 Å². The lowest BCUT2D eigenvalue weighted by Gasteiger charge is -2.27. The highest BCUT2D eigenvalue weighted by Crippen LogP contribution is 2.27. The lowest BCUT2D eigenvalue weighted by atomic mass is 10.0. The van der Waals surface area contributed by atoms with Crippen molar-refractivity contribution in [2.75, 3.05) is 0 Å². The first-order valence-electron chi connectivity index (χ1n) is 9.77. The smallest absolute Gasteiger partial charge is 0.330 e. The Bertz CT molecular complexity index is 915. The van der Waals surface area contributed by atoms with Crippen molar-refractivity contribution in [2.45, 2.75) is 45.9 Å². The number of hydrogen-bond acceptors (Lipinski definition) is 6. The van der Waals surface area contributed by atoms with Gasteiger partial charge in [0.2, 0.25) is 0 Å². The van der Waals surface area contributed by atoms with Crippen LogP contribution in [-0.2, 0) is 20.9 Å². The summed E-state index contributed by atoms with van der Waals surface area (Å²) < 4.78 is 10.5. The fourth-order valence-corrected chi connectivity index (χ4v) is 3.28. The standard InChI is InChI=1S/C22H24N2O6/c1-13(2)11-18(24-20(26)16-8-4-5-9-17(16)21(24)27)22(28)30-14(3)19(25)23-12-15-7-6-10-29-15/h4-10,13-14,18H,11-12H2,1-3H3,(H,23,25)/t14-,18-/m0/s1. The minimum atomic E-state index is -1.11. The molecule has 1 aliphatic rings. The van der Waals surface area contributed by atoms with Gasteiger partial charge in [0.05, 0.1) is 23.9 Å². The molecule has 1 aromatic carbocycles. The number of hydrogen-bond donors (Lipinski definition) is 1. The zero-order valence-electron chi connectivity index (χ0n) is 17.1. The van der Waals surface area contributed by atoms with Crippen LogP contribution in [0.5, 0.6) is 0 Å². The van der Waals surface area contributed by atoms with Gasteiger partial charge in [-0.2, -0.15) is 0 Å². The summed E-state index contributed by atoms with van der Waals surface area (Å²) in [6.07, 6.45) is 0.617. The molecule has 3 amide bonds. The number of benzene rings is 1. The summed E-state index contributed by atoms with van der Waals surface area (Å²) in [6.45, 7) is 5.33. The van der Waals surface area contributed by atoms with Gasteiger partial charge in [0.15, 0.2) is 6.10 Å². The largest absolute Gasteiger partial charge is 0.467 e. The number of carbonyl (C=O) groups excluding carboxylic acids is 4. The Kier molecular flexibility index (Phi) is 6.34. The van der Waals surface area contributed by atoms with Gasteiger partial charge in [-0.3, -0.25) is 19.3 Å². The van der Waals surface area contributed by atoms with Crippen LogP contribution in [0.25, 0.3) is 0 Å². The van der Waals surface area contributed by atoms with Crippen LogP contribution in [0.3, 0.4) is 0 Å². The third-order valence-electron chi connectivity index (χ3n) is 4.78. The molecule has 1 N–H and O–H groups in total. The number of nitrogens with zero attached hydrogens (tertiary/aromatic N) is 1. The summed E-state index contributed by atoms with van der Waals surface area (Å²) in [6, 6.07) is 8.72. The molecule has 1 aliphatic heterocycles. The van der Waals surface area contributed by atoms with Crippen molar-refractivity contribution in [2.24, 2.45) is 5.92 Å². The average Bonchev–Trinajstić information content (AvgIpc) is 3.32. The number of ether oxygens (including phenoxy) is 1. The van der Waals surface area contributed by atoms with Gasteiger partial charge in [-0.05, 0) is 43.5 Å². The first-order valence-corrected chi connectivity index (χ1v) is 9.77. The zero-order valence-corrected chi connectivity index (χ0v) is 17.1. The molecule has 8 heteroatoms. The van der Waals surface area contributed by atoms with Crippen molar-refractivity contribution < 1.29 is 28.3 Å². The molecular formula is C22H24N2O6. The Hall–Kier alpha value is -3.42. The van der Waals surface area contributed by atoms with Crippen molar-refractivity contribution in [3.8, 4) is 0 Å². The summed E-state index contributed by atoms with van der Waals surface area (Å²) >= 11 is 0. The van der Waals surface area contributed by atoms with Crippen LogP contribution in [0.1, 0.15) is 53.7 Å². The maximum absolute atomic E-state index is 12.9. The number of esters is 1. The Morgan fingerprint density at radius 2 is 1.67 bits per heavy atom. The SMILES string of the molecule is CC(C)C[C@@H](C(=O)O[C@@H](C)C(=O)NCc1ccco1)N1C(=O)c2ccccc2C1=O. The highest BCUT2D eigenvalue weighted by atomic mass is 16.5. The number of fused-ring (bicyclic) bond motifs is 1. The number of imide groups is 1. The van der Waals surface area contributed by atoms with Gasteiger partial charge >= 0.3 is 5.97 Å². The predicted octanol–water partition coefficient (Wildman–Crippen LogP) is 2.54. The van der Waals surface area contributed by atoms with Crippen LogP contribution >= 0.6 is 0 Å². The van der Waals surface area contributed by atoms with E-state index in [1.54, 1.807) is 36.4 Å². The van der Waals surface area contributed by atoms with Crippen LogP contribution in [-0.4, -0.2) is 40.7 Å². The molecule has 8 nitrogen and oxygen atoms in total. The number of carbonyl (C=O) groups is 4. The van der Waals surface area contributed by atoms with Crippen molar-refractivity contribution in [1.82, 2.24) is 10.2 Å². The van der Waals surface area contributed by atoms with Crippen LogP contribution < -0.4 is 5.32 Å². The maximum Gasteiger partial charge on any atom is 0.330 e. The second kappa shape index (κ2) is 8.94. The summed E-state index contributed by atoms with van der Waals surface area (Å²) in [7, 11) is 0. The highest BCUT2D eigenvalue weighted by Gasteiger charge is 2.44. The average molecular weight is 412 g/mol. The van der Waals surface area contributed by atoms with Gasteiger partial charge in [-0.15, -0.1) is 0 Å². The van der Waals surface area contributed by atoms with Gasteiger partial charge in [0.1, 0.15) is 11.8 Å². The van der Waals surface area contributed by atoms with Gasteiger partial charge in [0.25, 0.3) is 17.7 Å². The third kappa shape index (κ3) is 4.42. The van der Waals surface area contributed by atoms with Crippen LogP contribution in [0.4, 0.5) is 0 Å². The van der Waals surface area contributed by atoms with E-state index in [9.17, 15) is 19.2 Å². The van der Waals surface area contributed by atoms with Crippen molar-refractivity contribution in [1.29, 1.82) is 0 Å². The summed E-state index contributed by atoms with van der Waals surface area (Å²) in [5, 5.41) is 2.61. The molecule has 0 spiro atoms. The second-order valence-corrected chi connectivity index (χ2v) is 7.55. The van der Waals surface area contributed by atoms with Crippen molar-refractivity contribution >= 4 is 23.7 Å². The van der Waals surface area contributed by atoms with Crippen LogP contribution in [0, 0.1) is 5.92 Å². The van der Waals surface area contributed by atoms with Gasteiger partial charge < -0.3 is 14.5 Å². The minimum Gasteiger partial charge on any atom is -0.467 e. The summed E-state index contributed by atoms with van der Waals surface area (Å²) in [5.41, 5.74) is 0.515. The quantitative estimate of drug-likeness (QED) is 0.528. The van der Waals surface area contributed by atoms with E-state index in [2.05, 4.69) is 5.32 Å². The normalized spacial score (nSPS) is 15.1. The molecule has 158 valence electrons. The number of amides is 3. The molecule has 0 unspecified atom stereocenters. The van der Waals surface area contributed by atoms with Crippen molar-refractivity contribution in [3.63, 3.8) is 0 Å². The van der Waals surface area contributed by atoms with Gasteiger partial charge in [-0.25, -0.2) is 4.79 Å². The number of furan rings is 1. The van der Waals surface area contributed by atoms with Crippen molar-refractivity contribution in [3.05, 3.63) is 59.5 Å². The molecule has 0 aliphatic carbocycles. The van der Waals surface area contributed by atoms with E-state index in [0.717, 1.165) is 4.90 Å². The lowest BCUT2D eigenvalue weighted by molar-refractivity contribution is -0.159. The van der Waals surface area contributed by atoms with E-state index < -0.39 is 35.8 Å². The molecule has 0 bridgehead atoms.